The lowest BCUT2D eigenvalue weighted by Crippen LogP contribution is -3.00. The third-order valence-corrected chi connectivity index (χ3v) is 3.79. The van der Waals surface area contributed by atoms with Crippen LogP contribution in [0.15, 0.2) is 42.5 Å². The van der Waals surface area contributed by atoms with Crippen LogP contribution in [0.4, 0.5) is 17.1 Å². The van der Waals surface area contributed by atoms with Crippen LogP contribution < -0.4 is 29.2 Å². The van der Waals surface area contributed by atoms with Gasteiger partial charge in [-0.3, -0.25) is 0 Å². The molecular weight excluding hydrogens is 324 g/mol. The molecule has 0 saturated heterocycles. The summed E-state index contributed by atoms with van der Waals surface area (Å²) in [6.07, 6.45) is 0. The number of hydrogen-bond donors (Lipinski definition) is 4. The first-order valence-electron chi connectivity index (χ1n) is 7.77. The van der Waals surface area contributed by atoms with Gasteiger partial charge in [-0.05, 0) is 49.4 Å². The minimum absolute atomic E-state index is 0. The van der Waals surface area contributed by atoms with E-state index in [0.29, 0.717) is 18.0 Å². The maximum absolute atomic E-state index is 10.0. The fourth-order valence-corrected chi connectivity index (χ4v) is 2.91. The van der Waals surface area contributed by atoms with Gasteiger partial charge in [-0.1, -0.05) is 0 Å². The number of nitrogen functional groups attached to an aromatic ring is 2. The van der Waals surface area contributed by atoms with Gasteiger partial charge in [0, 0.05) is 17.1 Å². The summed E-state index contributed by atoms with van der Waals surface area (Å²) < 4.78 is 0.736. The van der Waals surface area contributed by atoms with Crippen molar-refractivity contribution in [2.45, 2.75) is 19.5 Å². The molecule has 0 saturated carbocycles. The minimum Gasteiger partial charge on any atom is -1.00 e. The van der Waals surface area contributed by atoms with Gasteiger partial charge in [0.2, 0.25) is 0 Å². The molecule has 0 spiro atoms. The first-order valence-corrected chi connectivity index (χ1v) is 7.77. The van der Waals surface area contributed by atoms with Crippen molar-refractivity contribution in [3.8, 4) is 5.75 Å². The molecule has 2 rings (SSSR count). The number of phenolic OH excluding ortho intramolecular Hbond substituents is 1. The molecule has 0 aliphatic rings. The Balaban J connectivity index is 0.00000288. The largest absolute Gasteiger partial charge is 1.00 e. The number of halogens is 1. The van der Waals surface area contributed by atoms with Crippen LogP contribution in [0.5, 0.6) is 5.75 Å². The molecule has 1 unspecified atom stereocenters. The van der Waals surface area contributed by atoms with Crippen molar-refractivity contribution in [3.63, 3.8) is 0 Å². The predicted molar refractivity (Wildman–Crippen MR) is 97.1 cm³/mol. The van der Waals surface area contributed by atoms with Gasteiger partial charge < -0.3 is 38.8 Å². The Bertz CT molecular complexity index is 659. The van der Waals surface area contributed by atoms with Crippen LogP contribution in [0, 0.1) is 0 Å². The van der Waals surface area contributed by atoms with Gasteiger partial charge >= 0.3 is 0 Å². The number of hydrogen-bond acceptors (Lipinski definition) is 4. The lowest BCUT2D eigenvalue weighted by atomic mass is 10.1. The van der Waals surface area contributed by atoms with Crippen molar-refractivity contribution in [2.24, 2.45) is 0 Å². The Morgan fingerprint density at radius 1 is 1.04 bits per heavy atom. The van der Waals surface area contributed by atoms with Crippen LogP contribution in [0.25, 0.3) is 0 Å². The minimum atomic E-state index is 0. The van der Waals surface area contributed by atoms with Gasteiger partial charge in [-0.25, -0.2) is 0 Å². The molecule has 1 atom stereocenters. The number of nitrogens with one attached hydrogen (secondary N) is 1. The maximum Gasteiger partial charge on any atom is 0.124 e. The van der Waals surface area contributed by atoms with E-state index < -0.39 is 0 Å². The smallest absolute Gasteiger partial charge is 0.124 e. The number of anilines is 3. The summed E-state index contributed by atoms with van der Waals surface area (Å²) in [5.74, 6) is 0.296. The van der Waals surface area contributed by atoms with Gasteiger partial charge in [-0.2, -0.15) is 0 Å². The summed E-state index contributed by atoms with van der Waals surface area (Å²) in [5.41, 5.74) is 14.9. The number of benzene rings is 2. The van der Waals surface area contributed by atoms with E-state index in [4.69, 9.17) is 11.5 Å². The van der Waals surface area contributed by atoms with Crippen molar-refractivity contribution in [1.82, 2.24) is 0 Å². The molecule has 2 aromatic rings. The van der Waals surface area contributed by atoms with Crippen LogP contribution in [-0.4, -0.2) is 36.3 Å². The topological polar surface area (TPSA) is 84.3 Å². The molecule has 0 aromatic heterocycles. The van der Waals surface area contributed by atoms with E-state index in [-0.39, 0.29) is 18.4 Å². The number of aromatic hydroxyl groups is 1. The molecule has 5 nitrogen and oxygen atoms in total. The van der Waals surface area contributed by atoms with Gasteiger partial charge in [0.1, 0.15) is 12.3 Å². The average molecular weight is 351 g/mol. The fraction of sp³-hybridized carbons (Fsp3) is 0.333. The first kappa shape index (κ1) is 19.9. The summed E-state index contributed by atoms with van der Waals surface area (Å²) in [7, 11) is 4.29. The molecule has 132 valence electrons. The third-order valence-electron chi connectivity index (χ3n) is 3.79. The monoisotopic (exact) mass is 350 g/mol. The van der Waals surface area contributed by atoms with E-state index >= 15 is 0 Å². The van der Waals surface area contributed by atoms with Crippen LogP contribution in [0.1, 0.15) is 12.5 Å². The zero-order chi connectivity index (χ0) is 17.0. The molecule has 0 aliphatic carbocycles. The molecule has 2 aromatic carbocycles. The standard InChI is InChI=1S/C18H26N4O.ClH/c1-13(21-17-7-4-15(19)5-8-17)11-22(2,3)12-14-10-16(20)6-9-18(14)23;/h4-10,13,21H,11-12,19-20H2,1-3H3;1H. The van der Waals surface area contributed by atoms with E-state index in [9.17, 15) is 5.11 Å². The van der Waals surface area contributed by atoms with E-state index in [1.54, 1.807) is 12.1 Å². The Morgan fingerprint density at radius 3 is 2.25 bits per heavy atom. The van der Waals surface area contributed by atoms with Crippen molar-refractivity contribution in [3.05, 3.63) is 48.0 Å². The normalized spacial score (nSPS) is 12.3. The summed E-state index contributed by atoms with van der Waals surface area (Å²) in [4.78, 5) is 0. The Kier molecular flexibility index (Phi) is 6.75. The van der Waals surface area contributed by atoms with Crippen LogP contribution in [-0.2, 0) is 6.54 Å². The highest BCUT2D eigenvalue weighted by Gasteiger charge is 2.21. The van der Waals surface area contributed by atoms with Crippen molar-refractivity contribution < 1.29 is 22.0 Å². The molecule has 6 N–H and O–H groups in total. The molecule has 0 fully saturated rings. The summed E-state index contributed by atoms with van der Waals surface area (Å²) in [6, 6.07) is 13.2. The maximum atomic E-state index is 10.0. The number of phenols is 1. The fourth-order valence-electron chi connectivity index (χ4n) is 2.91. The first-order chi connectivity index (χ1) is 10.7. The van der Waals surface area contributed by atoms with Gasteiger partial charge in [0.25, 0.3) is 0 Å². The molecule has 0 radical (unpaired) electrons. The van der Waals surface area contributed by atoms with Crippen LogP contribution in [0.3, 0.4) is 0 Å². The Morgan fingerprint density at radius 2 is 1.62 bits per heavy atom. The molecule has 6 heteroatoms. The van der Waals surface area contributed by atoms with Crippen molar-refractivity contribution >= 4 is 17.1 Å². The number of rotatable bonds is 6. The van der Waals surface area contributed by atoms with Crippen LogP contribution >= 0.6 is 0 Å². The zero-order valence-electron chi connectivity index (χ0n) is 14.5. The van der Waals surface area contributed by atoms with Crippen LogP contribution in [0.2, 0.25) is 0 Å². The lowest BCUT2D eigenvalue weighted by molar-refractivity contribution is -0.904. The van der Waals surface area contributed by atoms with Gasteiger partial charge in [0.15, 0.2) is 0 Å². The van der Waals surface area contributed by atoms with E-state index in [1.807, 2.05) is 30.3 Å². The van der Waals surface area contributed by atoms with E-state index in [1.165, 1.54) is 0 Å². The summed E-state index contributed by atoms with van der Waals surface area (Å²) >= 11 is 0. The van der Waals surface area contributed by atoms with Crippen molar-refractivity contribution in [2.75, 3.05) is 37.4 Å². The SMILES string of the molecule is CC(C[N+](C)(C)Cc1cc(N)ccc1O)Nc1ccc(N)cc1.[Cl-]. The highest BCUT2D eigenvalue weighted by atomic mass is 35.5. The second-order valence-corrected chi connectivity index (χ2v) is 6.83. The second-order valence-electron chi connectivity index (χ2n) is 6.83. The van der Waals surface area contributed by atoms with Crippen molar-refractivity contribution in [1.29, 1.82) is 0 Å². The number of likely N-dealkylation sites (N-methyl/N-ethyl adjacent to an activating group) is 1. The molecule has 0 heterocycles. The molecule has 0 aliphatic heterocycles. The average Bonchev–Trinajstić information content (AvgIpc) is 2.44. The highest BCUT2D eigenvalue weighted by molar-refractivity contribution is 5.51. The lowest BCUT2D eigenvalue weighted by Gasteiger charge is -2.33. The number of nitrogens with zero attached hydrogens (tertiary/aromatic N) is 1. The zero-order valence-corrected chi connectivity index (χ0v) is 15.2. The summed E-state index contributed by atoms with van der Waals surface area (Å²) in [5, 5.41) is 13.5. The molecule has 24 heavy (non-hydrogen) atoms. The Labute approximate surface area is 150 Å². The third kappa shape index (κ3) is 5.83. The molecule has 0 amide bonds. The molecular formula is C18H27ClN4O. The highest BCUT2D eigenvalue weighted by Crippen LogP contribution is 2.23. The van der Waals surface area contributed by atoms with E-state index in [0.717, 1.165) is 28.0 Å². The van der Waals surface area contributed by atoms with Gasteiger partial charge in [-0.15, -0.1) is 0 Å². The van der Waals surface area contributed by atoms with Gasteiger partial charge in [0.05, 0.1) is 32.2 Å². The quantitative estimate of drug-likeness (QED) is 0.325. The molecule has 0 bridgehead atoms. The predicted octanol–water partition coefficient (Wildman–Crippen LogP) is -0.362. The second kappa shape index (κ2) is 8.13. The Hall–Kier alpha value is -2.11. The van der Waals surface area contributed by atoms with E-state index in [2.05, 4.69) is 26.3 Å². The summed E-state index contributed by atoms with van der Waals surface area (Å²) in [6.45, 7) is 3.76. The number of quaternary nitrogens is 1. The number of nitrogens with two attached hydrogens (primary N) is 2.